The van der Waals surface area contributed by atoms with Gasteiger partial charge in [0.25, 0.3) is 5.91 Å². The van der Waals surface area contributed by atoms with Gasteiger partial charge in [0, 0.05) is 38.5 Å². The van der Waals surface area contributed by atoms with E-state index in [-0.39, 0.29) is 37.0 Å². The van der Waals surface area contributed by atoms with E-state index in [0.717, 1.165) is 5.56 Å². The molecule has 7 heteroatoms. The first-order valence-electron chi connectivity index (χ1n) is 9.28. The Morgan fingerprint density at radius 1 is 1.21 bits per heavy atom. The Hall–Kier alpha value is -2.77. The molecule has 0 unspecified atom stereocenters. The zero-order valence-electron chi connectivity index (χ0n) is 15.7. The summed E-state index contributed by atoms with van der Waals surface area (Å²) in [6.45, 7) is 0.736. The maximum atomic E-state index is 13.2. The van der Waals surface area contributed by atoms with Crippen molar-refractivity contribution in [2.75, 3.05) is 33.4 Å². The average Bonchev–Trinajstić information content (AvgIpc) is 2.68. The molecule has 2 aromatic rings. The van der Waals surface area contributed by atoms with Crippen molar-refractivity contribution in [3.8, 4) is 0 Å². The van der Waals surface area contributed by atoms with Crippen molar-refractivity contribution >= 4 is 11.8 Å². The summed E-state index contributed by atoms with van der Waals surface area (Å²) in [5, 5.41) is 10.1. The van der Waals surface area contributed by atoms with E-state index in [1.807, 2.05) is 30.3 Å². The third-order valence-electron chi connectivity index (χ3n) is 5.80. The first-order chi connectivity index (χ1) is 13.6. The minimum Gasteiger partial charge on any atom is -0.394 e. The Kier molecular flexibility index (Phi) is 4.87. The number of amides is 2. The second-order valence-corrected chi connectivity index (χ2v) is 7.34. The number of methoxy groups -OCH3 is 1. The van der Waals surface area contributed by atoms with E-state index in [9.17, 15) is 14.7 Å². The minimum atomic E-state index is -0.523. The van der Waals surface area contributed by atoms with Gasteiger partial charge in [0.2, 0.25) is 5.91 Å². The highest BCUT2D eigenvalue weighted by Crippen LogP contribution is 2.54. The molecule has 2 aliphatic heterocycles. The summed E-state index contributed by atoms with van der Waals surface area (Å²) in [5.41, 5.74) is 1.02. The first kappa shape index (κ1) is 18.6. The predicted octanol–water partition coefficient (Wildman–Crippen LogP) is 0.909. The molecule has 1 N–H and O–H groups in total. The summed E-state index contributed by atoms with van der Waals surface area (Å²) in [6, 6.07) is 13.0. The summed E-state index contributed by atoms with van der Waals surface area (Å²) >= 11 is 0. The van der Waals surface area contributed by atoms with Crippen LogP contribution in [-0.2, 0) is 9.53 Å². The van der Waals surface area contributed by atoms with Crippen LogP contribution in [0.2, 0.25) is 0 Å². The molecule has 2 fully saturated rings. The number of pyridine rings is 1. The topological polar surface area (TPSA) is 83.0 Å². The number of carbonyl (C=O) groups excluding carboxylic acids is 2. The summed E-state index contributed by atoms with van der Waals surface area (Å²) < 4.78 is 4.96. The van der Waals surface area contributed by atoms with E-state index < -0.39 is 5.54 Å². The van der Waals surface area contributed by atoms with Crippen LogP contribution in [0.3, 0.4) is 0 Å². The number of hydrogen-bond donors (Lipinski definition) is 1. The normalized spacial score (nSPS) is 22.5. The van der Waals surface area contributed by atoms with Gasteiger partial charge < -0.3 is 19.6 Å². The van der Waals surface area contributed by atoms with Gasteiger partial charge in [0.05, 0.1) is 23.8 Å². The number of benzene rings is 1. The molecule has 1 spiro atoms. The number of likely N-dealkylation sites (tertiary alicyclic amines) is 2. The molecule has 0 bridgehead atoms. The SMILES string of the molecule is COCC(=O)N1CC2(C1)[C@@H](c1ccccc1)[C@@H](CO)N2C(=O)c1cccnc1. The smallest absolute Gasteiger partial charge is 0.256 e. The summed E-state index contributed by atoms with van der Waals surface area (Å²) in [5.74, 6) is -0.301. The maximum Gasteiger partial charge on any atom is 0.256 e. The molecule has 2 saturated heterocycles. The van der Waals surface area contributed by atoms with Crippen molar-refractivity contribution in [1.82, 2.24) is 14.8 Å². The molecule has 1 aromatic carbocycles. The summed E-state index contributed by atoms with van der Waals surface area (Å²) in [6.07, 6.45) is 3.15. The van der Waals surface area contributed by atoms with Gasteiger partial charge in [-0.05, 0) is 17.7 Å². The van der Waals surface area contributed by atoms with Gasteiger partial charge in [-0.1, -0.05) is 30.3 Å². The molecule has 4 rings (SSSR count). The summed E-state index contributed by atoms with van der Waals surface area (Å²) in [7, 11) is 1.49. The molecule has 1 aromatic heterocycles. The number of rotatable bonds is 5. The summed E-state index contributed by atoms with van der Waals surface area (Å²) in [4.78, 5) is 33.0. The number of hydrogen-bond acceptors (Lipinski definition) is 5. The largest absolute Gasteiger partial charge is 0.394 e. The average molecular weight is 381 g/mol. The quantitative estimate of drug-likeness (QED) is 0.832. The molecule has 2 atom stereocenters. The Balaban J connectivity index is 1.67. The van der Waals surface area contributed by atoms with E-state index in [2.05, 4.69) is 4.98 Å². The number of aromatic nitrogens is 1. The van der Waals surface area contributed by atoms with E-state index in [1.165, 1.54) is 13.3 Å². The predicted molar refractivity (Wildman–Crippen MR) is 102 cm³/mol. The van der Waals surface area contributed by atoms with Crippen LogP contribution < -0.4 is 0 Å². The van der Waals surface area contributed by atoms with E-state index in [1.54, 1.807) is 28.1 Å². The highest BCUT2D eigenvalue weighted by molar-refractivity contribution is 5.96. The van der Waals surface area contributed by atoms with Crippen LogP contribution in [0.1, 0.15) is 21.8 Å². The molecule has 7 nitrogen and oxygen atoms in total. The van der Waals surface area contributed by atoms with E-state index >= 15 is 0 Å². The minimum absolute atomic E-state index is 0.0199. The maximum absolute atomic E-state index is 13.2. The Labute approximate surface area is 163 Å². The highest BCUT2D eigenvalue weighted by Gasteiger charge is 2.68. The van der Waals surface area contributed by atoms with Crippen LogP contribution in [0.4, 0.5) is 0 Å². The molecule has 2 amide bonds. The third kappa shape index (κ3) is 2.78. The van der Waals surface area contributed by atoms with Crippen molar-refractivity contribution < 1.29 is 19.4 Å². The molecular formula is C21H23N3O4. The van der Waals surface area contributed by atoms with Crippen molar-refractivity contribution in [2.24, 2.45) is 0 Å². The first-order valence-corrected chi connectivity index (χ1v) is 9.28. The van der Waals surface area contributed by atoms with Crippen molar-refractivity contribution in [2.45, 2.75) is 17.5 Å². The van der Waals surface area contributed by atoms with Crippen LogP contribution >= 0.6 is 0 Å². The third-order valence-corrected chi connectivity index (χ3v) is 5.80. The van der Waals surface area contributed by atoms with Crippen LogP contribution in [0.25, 0.3) is 0 Å². The van der Waals surface area contributed by atoms with Gasteiger partial charge in [-0.25, -0.2) is 0 Å². The van der Waals surface area contributed by atoms with Gasteiger partial charge in [0.1, 0.15) is 6.61 Å². The monoisotopic (exact) mass is 381 g/mol. The molecule has 0 radical (unpaired) electrons. The van der Waals surface area contributed by atoms with Gasteiger partial charge >= 0.3 is 0 Å². The molecule has 146 valence electrons. The lowest BCUT2D eigenvalue weighted by Crippen LogP contribution is -2.86. The van der Waals surface area contributed by atoms with Gasteiger partial charge in [-0.3, -0.25) is 14.6 Å². The van der Waals surface area contributed by atoms with Crippen LogP contribution in [0.5, 0.6) is 0 Å². The molecule has 2 aliphatic rings. The number of nitrogens with zero attached hydrogens (tertiary/aromatic N) is 3. The van der Waals surface area contributed by atoms with Crippen molar-refractivity contribution in [3.05, 3.63) is 66.0 Å². The second-order valence-electron chi connectivity index (χ2n) is 7.34. The highest BCUT2D eigenvalue weighted by atomic mass is 16.5. The van der Waals surface area contributed by atoms with Gasteiger partial charge in [0.15, 0.2) is 0 Å². The molecule has 3 heterocycles. The fourth-order valence-electron chi connectivity index (χ4n) is 4.62. The van der Waals surface area contributed by atoms with Crippen LogP contribution in [0.15, 0.2) is 54.9 Å². The zero-order valence-corrected chi connectivity index (χ0v) is 15.7. The van der Waals surface area contributed by atoms with Crippen LogP contribution in [-0.4, -0.2) is 76.7 Å². The Bertz CT molecular complexity index is 852. The van der Waals surface area contributed by atoms with Crippen LogP contribution in [0, 0.1) is 0 Å². The zero-order chi connectivity index (χ0) is 19.7. The van der Waals surface area contributed by atoms with Crippen molar-refractivity contribution in [3.63, 3.8) is 0 Å². The van der Waals surface area contributed by atoms with Crippen molar-refractivity contribution in [1.29, 1.82) is 0 Å². The number of carbonyl (C=O) groups is 2. The lowest BCUT2D eigenvalue weighted by Gasteiger charge is -2.70. The second kappa shape index (κ2) is 7.33. The molecule has 28 heavy (non-hydrogen) atoms. The lowest BCUT2D eigenvalue weighted by molar-refractivity contribution is -0.180. The number of ether oxygens (including phenoxy) is 1. The molecule has 0 saturated carbocycles. The molecule has 0 aliphatic carbocycles. The van der Waals surface area contributed by atoms with E-state index in [0.29, 0.717) is 18.7 Å². The Morgan fingerprint density at radius 2 is 1.96 bits per heavy atom. The fourth-order valence-corrected chi connectivity index (χ4v) is 4.62. The fraction of sp³-hybridized carbons (Fsp3) is 0.381. The number of aliphatic hydroxyl groups is 1. The standard InChI is InChI=1S/C21H23N3O4/c1-28-12-18(26)23-13-21(14-23)19(15-6-3-2-4-7-15)17(11-25)24(21)20(27)16-8-5-9-22-10-16/h2-10,17,19,25H,11-14H2,1H3/t17-,19+/m1/s1. The number of aliphatic hydroxyl groups excluding tert-OH is 1. The van der Waals surface area contributed by atoms with Gasteiger partial charge in [-0.2, -0.15) is 0 Å². The Morgan fingerprint density at radius 3 is 2.57 bits per heavy atom. The van der Waals surface area contributed by atoms with Gasteiger partial charge in [-0.15, -0.1) is 0 Å². The molecular weight excluding hydrogens is 358 g/mol. The van der Waals surface area contributed by atoms with E-state index in [4.69, 9.17) is 4.74 Å². The lowest BCUT2D eigenvalue weighted by atomic mass is 9.60.